The fourth-order valence-electron chi connectivity index (χ4n) is 1.75. The van der Waals surface area contributed by atoms with Crippen molar-refractivity contribution in [3.63, 3.8) is 0 Å². The van der Waals surface area contributed by atoms with Gasteiger partial charge in [0.05, 0.1) is 19.1 Å². The molecule has 0 aliphatic carbocycles. The van der Waals surface area contributed by atoms with E-state index in [4.69, 9.17) is 9.84 Å². The normalized spacial score (nSPS) is 24.8. The van der Waals surface area contributed by atoms with Crippen LogP contribution in [0.2, 0.25) is 0 Å². The Morgan fingerprint density at radius 1 is 1.35 bits per heavy atom. The van der Waals surface area contributed by atoms with Crippen LogP contribution in [0, 0.1) is 5.92 Å². The number of β-amino-alcohol motifs (C(OH)–C–C–N with tert-alkyl or cyclic N) is 1. The first-order chi connectivity index (χ1) is 7.69. The van der Waals surface area contributed by atoms with Gasteiger partial charge in [0.25, 0.3) is 0 Å². The van der Waals surface area contributed by atoms with Crippen molar-refractivity contribution in [1.29, 1.82) is 0 Å². The first-order valence-corrected chi connectivity index (χ1v) is 5.57. The summed E-state index contributed by atoms with van der Waals surface area (Å²) >= 11 is 0. The number of carbonyl (C=O) groups excluding carboxylic acids is 1. The maximum atomic E-state index is 11.7. The molecule has 0 aromatic carbocycles. The summed E-state index contributed by atoms with van der Waals surface area (Å²) < 4.78 is 5.15. The van der Waals surface area contributed by atoms with E-state index in [1.54, 1.807) is 20.8 Å². The number of hydrogen-bond acceptors (Lipinski definition) is 4. The van der Waals surface area contributed by atoms with E-state index in [2.05, 4.69) is 0 Å². The highest BCUT2D eigenvalue weighted by Gasteiger charge is 2.37. The monoisotopic (exact) mass is 245 g/mol. The van der Waals surface area contributed by atoms with Crippen LogP contribution in [0.3, 0.4) is 0 Å². The molecule has 6 nitrogen and oxygen atoms in total. The number of carboxylic acid groups (broad SMARTS) is 1. The van der Waals surface area contributed by atoms with Gasteiger partial charge in [-0.15, -0.1) is 0 Å². The Morgan fingerprint density at radius 2 is 1.94 bits per heavy atom. The van der Waals surface area contributed by atoms with Gasteiger partial charge in [0, 0.05) is 12.5 Å². The Bertz CT molecular complexity index is 309. The van der Waals surface area contributed by atoms with Crippen LogP contribution >= 0.6 is 0 Å². The lowest BCUT2D eigenvalue weighted by molar-refractivity contribution is -0.138. The number of aliphatic hydroxyl groups excluding tert-OH is 1. The summed E-state index contributed by atoms with van der Waals surface area (Å²) in [7, 11) is 0. The predicted molar refractivity (Wildman–Crippen MR) is 59.6 cm³/mol. The summed E-state index contributed by atoms with van der Waals surface area (Å²) in [5.41, 5.74) is -0.590. The van der Waals surface area contributed by atoms with Crippen molar-refractivity contribution in [3.8, 4) is 0 Å². The van der Waals surface area contributed by atoms with Crippen molar-refractivity contribution >= 4 is 12.1 Å². The molecule has 1 saturated heterocycles. The molecule has 1 fully saturated rings. The van der Waals surface area contributed by atoms with E-state index in [0.717, 1.165) is 0 Å². The molecule has 0 radical (unpaired) electrons. The number of aliphatic hydroxyl groups is 1. The summed E-state index contributed by atoms with van der Waals surface area (Å²) in [4.78, 5) is 23.6. The largest absolute Gasteiger partial charge is 0.481 e. The molecule has 0 unspecified atom stereocenters. The fraction of sp³-hybridized carbons (Fsp3) is 0.818. The van der Waals surface area contributed by atoms with Gasteiger partial charge >= 0.3 is 12.1 Å². The Balaban J connectivity index is 2.53. The van der Waals surface area contributed by atoms with Crippen molar-refractivity contribution in [2.45, 2.75) is 38.9 Å². The van der Waals surface area contributed by atoms with E-state index >= 15 is 0 Å². The summed E-state index contributed by atoms with van der Waals surface area (Å²) in [6.07, 6.45) is -1.44. The second-order valence-electron chi connectivity index (χ2n) is 5.31. The van der Waals surface area contributed by atoms with E-state index in [9.17, 15) is 14.7 Å². The van der Waals surface area contributed by atoms with Crippen molar-refractivity contribution in [3.05, 3.63) is 0 Å². The van der Waals surface area contributed by atoms with Crippen LogP contribution in [0.5, 0.6) is 0 Å². The van der Waals surface area contributed by atoms with Crippen molar-refractivity contribution < 1.29 is 24.5 Å². The molecule has 0 aromatic heterocycles. The molecule has 1 aliphatic heterocycles. The number of amides is 1. The van der Waals surface area contributed by atoms with Crippen LogP contribution in [0.1, 0.15) is 27.2 Å². The third-order valence-electron chi connectivity index (χ3n) is 2.49. The number of ether oxygens (including phenoxy) is 1. The predicted octanol–water partition coefficient (Wildman–Crippen LogP) is 0.689. The van der Waals surface area contributed by atoms with E-state index in [1.807, 2.05) is 0 Å². The molecule has 0 aromatic rings. The SMILES string of the molecule is CC(C)(C)OC(=O)N1C[C@H](CC(=O)O)[C@H](O)C1. The van der Waals surface area contributed by atoms with Crippen LogP contribution in [0.25, 0.3) is 0 Å². The third-order valence-corrected chi connectivity index (χ3v) is 2.49. The zero-order valence-corrected chi connectivity index (χ0v) is 10.3. The molecule has 1 aliphatic rings. The fourth-order valence-corrected chi connectivity index (χ4v) is 1.75. The number of carboxylic acids is 1. The summed E-state index contributed by atoms with van der Waals surface area (Å²) in [5, 5.41) is 18.3. The molecule has 98 valence electrons. The number of likely N-dealkylation sites (tertiary alicyclic amines) is 1. The van der Waals surface area contributed by atoms with E-state index in [-0.39, 0.29) is 19.5 Å². The maximum Gasteiger partial charge on any atom is 0.410 e. The van der Waals surface area contributed by atoms with Crippen LogP contribution < -0.4 is 0 Å². The van der Waals surface area contributed by atoms with Gasteiger partial charge in [-0.1, -0.05) is 0 Å². The van der Waals surface area contributed by atoms with E-state index in [0.29, 0.717) is 0 Å². The molecule has 1 heterocycles. The van der Waals surface area contributed by atoms with E-state index < -0.39 is 29.7 Å². The quantitative estimate of drug-likeness (QED) is 0.747. The highest BCUT2D eigenvalue weighted by molar-refractivity contribution is 5.70. The molecule has 0 saturated carbocycles. The summed E-state index contributed by atoms with van der Waals surface area (Å²) in [6, 6.07) is 0. The van der Waals surface area contributed by atoms with Gasteiger partial charge in [0.15, 0.2) is 0 Å². The highest BCUT2D eigenvalue weighted by atomic mass is 16.6. The minimum atomic E-state index is -0.972. The Labute approximate surface area is 100 Å². The topological polar surface area (TPSA) is 87.1 Å². The average molecular weight is 245 g/mol. The minimum absolute atomic E-state index is 0.132. The molecule has 2 atom stereocenters. The smallest absolute Gasteiger partial charge is 0.410 e. The van der Waals surface area contributed by atoms with Gasteiger partial charge in [-0.05, 0) is 20.8 Å². The Morgan fingerprint density at radius 3 is 2.41 bits per heavy atom. The first-order valence-electron chi connectivity index (χ1n) is 5.57. The van der Waals surface area contributed by atoms with Gasteiger partial charge < -0.3 is 19.8 Å². The first kappa shape index (κ1) is 13.8. The zero-order valence-electron chi connectivity index (χ0n) is 10.3. The number of aliphatic carboxylic acids is 1. The zero-order chi connectivity index (χ0) is 13.2. The molecule has 1 amide bonds. The minimum Gasteiger partial charge on any atom is -0.481 e. The van der Waals surface area contributed by atoms with Crippen LogP contribution in [-0.4, -0.2) is 52.0 Å². The Hall–Kier alpha value is -1.30. The number of nitrogens with zero attached hydrogens (tertiary/aromatic N) is 1. The molecular weight excluding hydrogens is 226 g/mol. The molecule has 2 N–H and O–H groups in total. The summed E-state index contributed by atoms with van der Waals surface area (Å²) in [5.74, 6) is -1.39. The van der Waals surface area contributed by atoms with Gasteiger partial charge in [-0.2, -0.15) is 0 Å². The average Bonchev–Trinajstić information content (AvgIpc) is 2.44. The second kappa shape index (κ2) is 4.91. The second-order valence-corrected chi connectivity index (χ2v) is 5.31. The highest BCUT2D eigenvalue weighted by Crippen LogP contribution is 2.22. The molecular formula is C11H19NO5. The molecule has 0 spiro atoms. The van der Waals surface area contributed by atoms with Gasteiger partial charge in [-0.3, -0.25) is 4.79 Å². The van der Waals surface area contributed by atoms with E-state index in [1.165, 1.54) is 4.90 Å². The van der Waals surface area contributed by atoms with Gasteiger partial charge in [-0.25, -0.2) is 4.79 Å². The van der Waals surface area contributed by atoms with Crippen molar-refractivity contribution in [2.24, 2.45) is 5.92 Å². The number of hydrogen-bond donors (Lipinski definition) is 2. The third kappa shape index (κ3) is 4.22. The van der Waals surface area contributed by atoms with Crippen LogP contribution in [-0.2, 0) is 9.53 Å². The molecule has 1 rings (SSSR count). The number of rotatable bonds is 2. The summed E-state index contributed by atoms with van der Waals surface area (Å²) in [6.45, 7) is 5.62. The Kier molecular flexibility index (Phi) is 3.98. The molecule has 0 bridgehead atoms. The molecule has 6 heteroatoms. The molecule has 17 heavy (non-hydrogen) atoms. The lowest BCUT2D eigenvalue weighted by Crippen LogP contribution is -2.35. The van der Waals surface area contributed by atoms with Crippen LogP contribution in [0.15, 0.2) is 0 Å². The lowest BCUT2D eigenvalue weighted by Gasteiger charge is -2.24. The van der Waals surface area contributed by atoms with Crippen LogP contribution in [0.4, 0.5) is 4.79 Å². The van der Waals surface area contributed by atoms with Gasteiger partial charge in [0.2, 0.25) is 0 Å². The number of carbonyl (C=O) groups is 2. The van der Waals surface area contributed by atoms with Gasteiger partial charge in [0.1, 0.15) is 5.60 Å². The lowest BCUT2D eigenvalue weighted by atomic mass is 10.0. The van der Waals surface area contributed by atoms with Crippen molar-refractivity contribution in [1.82, 2.24) is 4.90 Å². The standard InChI is InChI=1S/C11H19NO5/c1-11(2,3)17-10(16)12-5-7(4-9(14)15)8(13)6-12/h7-8,13H,4-6H2,1-3H3,(H,14,15)/t7-,8+/m0/s1. The van der Waals surface area contributed by atoms with Crippen molar-refractivity contribution in [2.75, 3.05) is 13.1 Å². The maximum absolute atomic E-state index is 11.7.